The van der Waals surface area contributed by atoms with Crippen molar-refractivity contribution in [3.8, 4) is 46.3 Å². The van der Waals surface area contributed by atoms with Crippen molar-refractivity contribution in [1.29, 1.82) is 5.26 Å². The molecule has 344 valence electrons. The van der Waals surface area contributed by atoms with Crippen LogP contribution in [0, 0.1) is 25.2 Å². The Bertz CT molecular complexity index is 3020. The van der Waals surface area contributed by atoms with Gasteiger partial charge in [0.05, 0.1) is 48.7 Å². The molecule has 7 atom stereocenters. The predicted molar refractivity (Wildman–Crippen MR) is 243 cm³/mol. The Balaban J connectivity index is 1.20. The normalized spacial score (nSPS) is 25.9. The van der Waals surface area contributed by atoms with Gasteiger partial charge in [0.1, 0.15) is 18.4 Å². The number of rotatable bonds is 4. The topological polar surface area (TPSA) is 193 Å². The van der Waals surface area contributed by atoms with E-state index in [1.54, 1.807) is 36.2 Å². The van der Waals surface area contributed by atoms with E-state index in [1.807, 2.05) is 44.3 Å². The summed E-state index contributed by atoms with van der Waals surface area (Å²) < 4.78 is 36.8. The number of amides is 1. The van der Waals surface area contributed by atoms with E-state index in [4.69, 9.17) is 28.4 Å². The average molecular weight is 926 g/mol. The molecule has 0 saturated carbocycles. The summed E-state index contributed by atoms with van der Waals surface area (Å²) in [6, 6.07) is 13.5. The highest BCUT2D eigenvalue weighted by molar-refractivity contribution is 7.99. The third-order valence-electron chi connectivity index (χ3n) is 14.8. The number of piperazine rings is 1. The van der Waals surface area contributed by atoms with Gasteiger partial charge < -0.3 is 43.5 Å². The van der Waals surface area contributed by atoms with Gasteiger partial charge in [0.15, 0.2) is 40.0 Å². The Hall–Kier alpha value is -6.74. The summed E-state index contributed by atoms with van der Waals surface area (Å²) in [6.45, 7) is 4.63. The number of phenolic OH excluding ortho intramolecular Hbond substituents is 2. The quantitative estimate of drug-likeness (QED) is 0.155. The Morgan fingerprint density at radius 1 is 0.985 bits per heavy atom. The molecule has 4 aromatic carbocycles. The minimum atomic E-state index is -1.85. The largest absolute Gasteiger partial charge is 0.504 e. The van der Waals surface area contributed by atoms with E-state index in [1.165, 1.54) is 32.9 Å². The van der Waals surface area contributed by atoms with Gasteiger partial charge in [-0.2, -0.15) is 5.26 Å². The third kappa shape index (κ3) is 5.98. The lowest BCUT2D eigenvalue weighted by Crippen LogP contribution is -2.69. The molecule has 4 bridgehead atoms. The van der Waals surface area contributed by atoms with Crippen LogP contribution < -0.4 is 23.7 Å². The number of nitriles is 1. The molecular formula is C50H47N5O11S. The molecule has 8 heterocycles. The number of pyridine rings is 1. The van der Waals surface area contributed by atoms with E-state index >= 15 is 9.59 Å². The molecule has 16 nitrogen and oxygen atoms in total. The highest BCUT2D eigenvalue weighted by Crippen LogP contribution is 2.65. The number of nitrogens with zero attached hydrogens (tertiary/aromatic N) is 5. The van der Waals surface area contributed by atoms with Crippen molar-refractivity contribution in [2.45, 2.75) is 74.6 Å². The van der Waals surface area contributed by atoms with Crippen LogP contribution >= 0.6 is 11.8 Å². The molecule has 0 aliphatic carbocycles. The number of hydrogen-bond acceptors (Lipinski definition) is 16. The Morgan fingerprint density at radius 3 is 2.54 bits per heavy atom. The second-order valence-electron chi connectivity index (χ2n) is 18.0. The highest BCUT2D eigenvalue weighted by atomic mass is 32.2. The second kappa shape index (κ2) is 15.7. The van der Waals surface area contributed by atoms with Crippen molar-refractivity contribution in [2.24, 2.45) is 0 Å². The first-order valence-corrected chi connectivity index (χ1v) is 23.2. The van der Waals surface area contributed by atoms with Gasteiger partial charge in [-0.25, -0.2) is 4.79 Å². The fourth-order valence-corrected chi connectivity index (χ4v) is 13.7. The number of carbonyl (C=O) groups is 3. The lowest BCUT2D eigenvalue weighted by atomic mass is 9.71. The van der Waals surface area contributed by atoms with Crippen LogP contribution in [0.2, 0.25) is 0 Å². The van der Waals surface area contributed by atoms with Gasteiger partial charge in [-0.05, 0) is 80.3 Å². The summed E-state index contributed by atoms with van der Waals surface area (Å²) in [5, 5.41) is 34.7. The summed E-state index contributed by atoms with van der Waals surface area (Å²) in [7, 11) is 4.89. The van der Waals surface area contributed by atoms with Gasteiger partial charge in [-0.15, -0.1) is 11.8 Å². The van der Waals surface area contributed by atoms with E-state index in [2.05, 4.69) is 20.9 Å². The number of aromatic nitrogens is 1. The van der Waals surface area contributed by atoms with Crippen molar-refractivity contribution in [1.82, 2.24) is 19.7 Å². The van der Waals surface area contributed by atoms with Gasteiger partial charge >= 0.3 is 11.9 Å². The number of aromatic hydroxyl groups is 2. The molecule has 2 fully saturated rings. The standard InChI is InChI=1S/C50H47N5O11S/c1-23-15-27-16-32-33(19-51)55-34-20-63-49(60)50(30-18-36(61-5)35(57)17-26(30)12-14-54(50)48(59)29-11-13-52-31-10-8-7-9-28(29)31)21-67-47(41(55)40(53(32)4)37(27)42(58)43(23)62-6)39-38(34)46-45(64-22-65-46)24(2)44(39)66-25(3)56/h7-11,13,15,17-18,32-34,40-41,47,57-58H,12,14,16,20-22H2,1-6H3/t32-,33-,34-,40+,41+,47+,50+/m0/s1. The van der Waals surface area contributed by atoms with E-state index in [-0.39, 0.29) is 54.7 Å². The minimum absolute atomic E-state index is 0.0132. The van der Waals surface area contributed by atoms with Crippen LogP contribution in [0.4, 0.5) is 0 Å². The minimum Gasteiger partial charge on any atom is -0.504 e. The number of benzene rings is 4. The molecule has 12 rings (SSSR count). The van der Waals surface area contributed by atoms with Gasteiger partial charge in [0.25, 0.3) is 5.91 Å². The van der Waals surface area contributed by atoms with Crippen molar-refractivity contribution < 1.29 is 53.0 Å². The molecule has 0 unspecified atom stereocenters. The Labute approximate surface area is 389 Å². The number of para-hydroxylation sites is 1. The molecule has 1 spiro atoms. The van der Waals surface area contributed by atoms with Crippen LogP contribution in [0.1, 0.15) is 79.1 Å². The number of methoxy groups -OCH3 is 2. The van der Waals surface area contributed by atoms with E-state index in [9.17, 15) is 20.3 Å². The SMILES string of the molecule is COc1cc2c(cc1O)CCN(C(=O)c1ccnc3ccccc13)[C@]21CS[C@@H]2c3c(OC(C)=O)c(C)c4c(c3[C@H](COC1=O)N1[C@@H]2[C@H]2c3c(cc(C)c(OC)c3O)C[C@@H]([C@@H]1C#N)N2C)OCO4. The first kappa shape index (κ1) is 42.9. The first-order chi connectivity index (χ1) is 32.3. The third-order valence-corrected chi connectivity index (χ3v) is 16.2. The summed E-state index contributed by atoms with van der Waals surface area (Å²) in [5.74, 6) is -0.533. The molecule has 17 heteroatoms. The number of likely N-dealkylation sites (N-methyl/N-ethyl adjacent to an activating group) is 1. The van der Waals surface area contributed by atoms with Crippen molar-refractivity contribution in [2.75, 3.05) is 47.0 Å². The zero-order chi connectivity index (χ0) is 46.8. The molecule has 2 N–H and O–H groups in total. The van der Waals surface area contributed by atoms with E-state index < -0.39 is 52.8 Å². The van der Waals surface area contributed by atoms with Gasteiger partial charge in [-0.1, -0.05) is 24.3 Å². The number of esters is 2. The van der Waals surface area contributed by atoms with Crippen molar-refractivity contribution in [3.05, 3.63) is 105 Å². The average Bonchev–Trinajstić information content (AvgIpc) is 3.81. The number of ether oxygens (including phenoxy) is 6. The fraction of sp³-hybridized carbons (Fsp3) is 0.380. The van der Waals surface area contributed by atoms with Gasteiger partial charge in [0, 0.05) is 65.1 Å². The summed E-state index contributed by atoms with van der Waals surface area (Å²) in [5.41, 5.74) is 4.08. The van der Waals surface area contributed by atoms with Crippen LogP contribution in [0.15, 0.2) is 54.7 Å². The van der Waals surface area contributed by atoms with Crippen LogP contribution in [-0.2, 0) is 32.7 Å². The molecule has 0 radical (unpaired) electrons. The molecule has 1 aromatic heterocycles. The van der Waals surface area contributed by atoms with E-state index in [0.29, 0.717) is 79.9 Å². The fourth-order valence-electron chi connectivity index (χ4n) is 12.0. The molecule has 7 aliphatic heterocycles. The van der Waals surface area contributed by atoms with E-state index in [0.717, 1.165) is 11.1 Å². The zero-order valence-corrected chi connectivity index (χ0v) is 38.4. The maximum absolute atomic E-state index is 15.8. The van der Waals surface area contributed by atoms with Gasteiger partial charge in [-0.3, -0.25) is 24.4 Å². The Kier molecular flexibility index (Phi) is 10.0. The second-order valence-corrected chi connectivity index (χ2v) is 19.1. The van der Waals surface area contributed by atoms with Crippen molar-refractivity contribution >= 4 is 40.5 Å². The maximum atomic E-state index is 15.8. The number of carbonyl (C=O) groups excluding carboxylic acids is 3. The van der Waals surface area contributed by atoms with Crippen LogP contribution in [0.3, 0.4) is 0 Å². The zero-order valence-electron chi connectivity index (χ0n) is 37.6. The van der Waals surface area contributed by atoms with Crippen molar-refractivity contribution in [3.63, 3.8) is 0 Å². The molecule has 67 heavy (non-hydrogen) atoms. The van der Waals surface area contributed by atoms with Gasteiger partial charge in [0.2, 0.25) is 6.79 Å². The number of thioether (sulfide) groups is 1. The predicted octanol–water partition coefficient (Wildman–Crippen LogP) is 6.09. The summed E-state index contributed by atoms with van der Waals surface area (Å²) >= 11 is 1.36. The highest BCUT2D eigenvalue weighted by Gasteiger charge is 2.63. The van der Waals surface area contributed by atoms with Crippen LogP contribution in [-0.4, -0.2) is 113 Å². The number of hydrogen-bond donors (Lipinski definition) is 2. The smallest absolute Gasteiger partial charge is 0.337 e. The first-order valence-electron chi connectivity index (χ1n) is 22.1. The lowest BCUT2D eigenvalue weighted by molar-refractivity contribution is -0.162. The summed E-state index contributed by atoms with van der Waals surface area (Å²) in [6.07, 6.45) is 2.29. The van der Waals surface area contributed by atoms with Crippen LogP contribution in [0.25, 0.3) is 10.9 Å². The molecule has 7 aliphatic rings. The molecular weight excluding hydrogens is 879 g/mol. The number of phenols is 2. The lowest BCUT2D eigenvalue weighted by Gasteiger charge is -2.62. The Morgan fingerprint density at radius 2 is 1.78 bits per heavy atom. The van der Waals surface area contributed by atoms with Crippen LogP contribution in [0.5, 0.6) is 40.2 Å². The molecule has 2 saturated heterocycles. The maximum Gasteiger partial charge on any atom is 0.337 e. The number of fused-ring (bicyclic) bond motifs is 10. The number of aryl methyl sites for hydroxylation is 1. The monoisotopic (exact) mass is 925 g/mol. The molecule has 1 amide bonds. The molecule has 5 aromatic rings. The summed E-state index contributed by atoms with van der Waals surface area (Å²) in [4.78, 5) is 54.9.